The zero-order valence-corrected chi connectivity index (χ0v) is 13.2. The largest absolute Gasteiger partial charge is 0.469 e. The van der Waals surface area contributed by atoms with Crippen LogP contribution in [0.3, 0.4) is 0 Å². The minimum Gasteiger partial charge on any atom is -0.469 e. The van der Waals surface area contributed by atoms with E-state index in [9.17, 15) is 9.59 Å². The molecule has 1 aliphatic rings. The molecule has 0 unspecified atom stereocenters. The number of methoxy groups -OCH3 is 2. The maximum Gasteiger partial charge on any atom is 0.306 e. The Labute approximate surface area is 131 Å². The molecule has 0 aliphatic carbocycles. The van der Waals surface area contributed by atoms with Crippen LogP contribution in [0, 0.1) is 5.41 Å². The minimum absolute atomic E-state index is 0.209. The normalized spacial score (nSPS) is 19.7. The zero-order valence-electron chi connectivity index (χ0n) is 13.2. The zero-order chi connectivity index (χ0) is 16.0. The van der Waals surface area contributed by atoms with Crippen molar-refractivity contribution in [3.05, 3.63) is 29.8 Å². The summed E-state index contributed by atoms with van der Waals surface area (Å²) in [6.07, 6.45) is 3.02. The van der Waals surface area contributed by atoms with E-state index < -0.39 is 0 Å². The number of para-hydroxylation sites is 1. The average molecular weight is 305 g/mol. The molecule has 1 atom stereocenters. The van der Waals surface area contributed by atoms with Crippen molar-refractivity contribution in [1.82, 2.24) is 0 Å². The Hall–Kier alpha value is -2.04. The first-order valence-corrected chi connectivity index (χ1v) is 7.54. The van der Waals surface area contributed by atoms with Gasteiger partial charge in [0.2, 0.25) is 0 Å². The maximum atomic E-state index is 11.8. The summed E-state index contributed by atoms with van der Waals surface area (Å²) in [5, 5.41) is 3.41. The fourth-order valence-electron chi connectivity index (χ4n) is 3.07. The first-order chi connectivity index (χ1) is 10.6. The molecular weight excluding hydrogens is 282 g/mol. The van der Waals surface area contributed by atoms with E-state index in [1.165, 1.54) is 19.8 Å². The Morgan fingerprint density at radius 3 is 2.64 bits per heavy atom. The van der Waals surface area contributed by atoms with Crippen LogP contribution < -0.4 is 5.32 Å². The van der Waals surface area contributed by atoms with Crippen molar-refractivity contribution in [2.24, 2.45) is 5.41 Å². The molecule has 5 heteroatoms. The van der Waals surface area contributed by atoms with Gasteiger partial charge in [0.1, 0.15) is 0 Å². The van der Waals surface area contributed by atoms with Gasteiger partial charge in [-0.15, -0.1) is 0 Å². The van der Waals surface area contributed by atoms with Crippen molar-refractivity contribution < 1.29 is 19.1 Å². The van der Waals surface area contributed by atoms with Gasteiger partial charge < -0.3 is 14.8 Å². The first kappa shape index (κ1) is 16.3. The fourth-order valence-corrected chi connectivity index (χ4v) is 3.07. The molecule has 0 aromatic heterocycles. The quantitative estimate of drug-likeness (QED) is 0.818. The predicted octanol–water partition coefficient (Wildman–Crippen LogP) is 2.55. The van der Waals surface area contributed by atoms with Gasteiger partial charge in [-0.2, -0.15) is 0 Å². The molecular formula is C17H23NO4. The summed E-state index contributed by atoms with van der Waals surface area (Å²) in [4.78, 5) is 23.1. The van der Waals surface area contributed by atoms with E-state index in [1.54, 1.807) is 0 Å². The van der Waals surface area contributed by atoms with Gasteiger partial charge in [-0.3, -0.25) is 9.59 Å². The number of hydrogen-bond acceptors (Lipinski definition) is 5. The number of hydrogen-bond donors (Lipinski definition) is 1. The van der Waals surface area contributed by atoms with Gasteiger partial charge in [-0.1, -0.05) is 18.2 Å². The van der Waals surface area contributed by atoms with Crippen LogP contribution >= 0.6 is 0 Å². The van der Waals surface area contributed by atoms with Crippen molar-refractivity contribution >= 4 is 17.6 Å². The van der Waals surface area contributed by atoms with Gasteiger partial charge in [0, 0.05) is 24.1 Å². The van der Waals surface area contributed by atoms with Crippen molar-refractivity contribution in [3.8, 4) is 0 Å². The Bertz CT molecular complexity index is 543. The van der Waals surface area contributed by atoms with Gasteiger partial charge in [-0.05, 0) is 30.9 Å². The van der Waals surface area contributed by atoms with Crippen molar-refractivity contribution in [2.45, 2.75) is 32.1 Å². The number of benzene rings is 1. The topological polar surface area (TPSA) is 64.6 Å². The standard InChI is InChI=1S/C17H23NO4/c1-21-15(19)8-5-9-17(11-16(20)22-2)10-13-6-3-4-7-14(13)18-12-17/h3-4,6-7,18H,5,8-12H2,1-2H3/t17-/m0/s1. The second-order valence-electron chi connectivity index (χ2n) is 5.87. The minimum atomic E-state index is -0.213. The summed E-state index contributed by atoms with van der Waals surface area (Å²) in [5.41, 5.74) is 2.11. The number of nitrogens with one attached hydrogen (secondary N) is 1. The lowest BCUT2D eigenvalue weighted by atomic mass is 9.72. The van der Waals surface area contributed by atoms with Crippen LogP contribution in [0.2, 0.25) is 0 Å². The summed E-state index contributed by atoms with van der Waals surface area (Å²) >= 11 is 0. The van der Waals surface area contributed by atoms with Gasteiger partial charge in [0.15, 0.2) is 0 Å². The highest BCUT2D eigenvalue weighted by Gasteiger charge is 2.36. The van der Waals surface area contributed by atoms with E-state index in [1.807, 2.05) is 18.2 Å². The average Bonchev–Trinajstić information content (AvgIpc) is 2.54. The second kappa shape index (κ2) is 7.29. The molecule has 1 aliphatic heterocycles. The van der Waals surface area contributed by atoms with E-state index in [0.29, 0.717) is 25.8 Å². The molecule has 5 nitrogen and oxygen atoms in total. The van der Waals surface area contributed by atoms with E-state index in [2.05, 4.69) is 16.1 Å². The van der Waals surface area contributed by atoms with Crippen molar-refractivity contribution in [3.63, 3.8) is 0 Å². The Morgan fingerprint density at radius 1 is 1.18 bits per heavy atom. The number of carbonyl (C=O) groups is 2. The Morgan fingerprint density at radius 2 is 1.91 bits per heavy atom. The summed E-state index contributed by atoms with van der Waals surface area (Å²) in [6.45, 7) is 0.709. The van der Waals surface area contributed by atoms with Crippen LogP contribution in [-0.2, 0) is 25.5 Å². The van der Waals surface area contributed by atoms with Gasteiger partial charge >= 0.3 is 11.9 Å². The maximum absolute atomic E-state index is 11.8. The van der Waals surface area contributed by atoms with Crippen molar-refractivity contribution in [2.75, 3.05) is 26.1 Å². The molecule has 0 radical (unpaired) electrons. The SMILES string of the molecule is COC(=O)CCC[C@]1(CC(=O)OC)CNc2ccccc2C1. The van der Waals surface area contributed by atoms with Crippen LogP contribution in [0.5, 0.6) is 0 Å². The lowest BCUT2D eigenvalue weighted by Gasteiger charge is -2.38. The third kappa shape index (κ3) is 4.00. The third-order valence-corrected chi connectivity index (χ3v) is 4.30. The molecule has 0 spiro atoms. The number of rotatable bonds is 6. The molecule has 1 N–H and O–H groups in total. The number of esters is 2. The molecule has 0 fully saturated rings. The highest BCUT2D eigenvalue weighted by Crippen LogP contribution is 2.39. The van der Waals surface area contributed by atoms with Gasteiger partial charge in [0.25, 0.3) is 0 Å². The van der Waals surface area contributed by atoms with Gasteiger partial charge in [0.05, 0.1) is 20.6 Å². The number of anilines is 1. The highest BCUT2D eigenvalue weighted by molar-refractivity contribution is 5.71. The number of fused-ring (bicyclic) bond motifs is 1. The summed E-state index contributed by atoms with van der Waals surface area (Å²) in [6, 6.07) is 8.12. The first-order valence-electron chi connectivity index (χ1n) is 7.54. The molecule has 2 rings (SSSR count). The van der Waals surface area contributed by atoms with Gasteiger partial charge in [-0.25, -0.2) is 0 Å². The molecule has 1 heterocycles. The van der Waals surface area contributed by atoms with E-state index >= 15 is 0 Å². The Balaban J connectivity index is 2.10. The van der Waals surface area contributed by atoms with Crippen LogP contribution in [0.1, 0.15) is 31.2 Å². The summed E-state index contributed by atoms with van der Waals surface area (Å²) in [5.74, 6) is -0.420. The highest BCUT2D eigenvalue weighted by atomic mass is 16.5. The Kier molecular flexibility index (Phi) is 5.41. The molecule has 22 heavy (non-hydrogen) atoms. The lowest BCUT2D eigenvalue weighted by molar-refractivity contribution is -0.143. The smallest absolute Gasteiger partial charge is 0.306 e. The molecule has 120 valence electrons. The van der Waals surface area contributed by atoms with E-state index in [4.69, 9.17) is 4.74 Å². The van der Waals surface area contributed by atoms with Crippen LogP contribution in [0.15, 0.2) is 24.3 Å². The van der Waals surface area contributed by atoms with Crippen molar-refractivity contribution in [1.29, 1.82) is 0 Å². The molecule has 0 amide bonds. The third-order valence-electron chi connectivity index (χ3n) is 4.30. The van der Waals surface area contributed by atoms with Crippen LogP contribution in [-0.4, -0.2) is 32.7 Å². The second-order valence-corrected chi connectivity index (χ2v) is 5.87. The summed E-state index contributed by atoms with van der Waals surface area (Å²) < 4.78 is 9.54. The van der Waals surface area contributed by atoms with Crippen LogP contribution in [0.4, 0.5) is 5.69 Å². The molecule has 1 aromatic carbocycles. The molecule has 0 saturated carbocycles. The summed E-state index contributed by atoms with van der Waals surface area (Å²) in [7, 11) is 2.81. The van der Waals surface area contributed by atoms with E-state index in [-0.39, 0.29) is 17.4 Å². The molecule has 0 bridgehead atoms. The number of carbonyl (C=O) groups excluding carboxylic acids is 2. The molecule has 1 aromatic rings. The predicted molar refractivity (Wildman–Crippen MR) is 83.6 cm³/mol. The lowest BCUT2D eigenvalue weighted by Crippen LogP contribution is -2.38. The van der Waals surface area contributed by atoms with E-state index in [0.717, 1.165) is 18.5 Å². The van der Waals surface area contributed by atoms with Crippen LogP contribution in [0.25, 0.3) is 0 Å². The number of ether oxygens (including phenoxy) is 2. The fraction of sp³-hybridized carbons (Fsp3) is 0.529. The monoisotopic (exact) mass is 305 g/mol. The molecule has 0 saturated heterocycles.